The summed E-state index contributed by atoms with van der Waals surface area (Å²) >= 11 is 7.62. The van der Waals surface area contributed by atoms with E-state index in [1.807, 2.05) is 43.3 Å². The van der Waals surface area contributed by atoms with Crippen molar-refractivity contribution in [3.8, 4) is 17.2 Å². The van der Waals surface area contributed by atoms with E-state index in [0.717, 1.165) is 16.2 Å². The lowest BCUT2D eigenvalue weighted by atomic mass is 10.1. The first-order valence-corrected chi connectivity index (χ1v) is 10.8. The predicted molar refractivity (Wildman–Crippen MR) is 119 cm³/mol. The predicted octanol–water partition coefficient (Wildman–Crippen LogP) is 6.01. The van der Waals surface area contributed by atoms with Crippen molar-refractivity contribution >= 4 is 35.0 Å². The highest BCUT2D eigenvalue weighted by Gasteiger charge is 2.16. The van der Waals surface area contributed by atoms with Crippen molar-refractivity contribution in [2.45, 2.75) is 17.6 Å². The molecule has 3 aromatic rings. The van der Waals surface area contributed by atoms with E-state index in [2.05, 4.69) is 5.32 Å². The van der Waals surface area contributed by atoms with Crippen LogP contribution >= 0.6 is 23.4 Å². The molecule has 30 heavy (non-hydrogen) atoms. The number of carbonyl (C=O) groups is 1. The lowest BCUT2D eigenvalue weighted by Gasteiger charge is -2.13. The largest absolute Gasteiger partial charge is 0.494 e. The van der Waals surface area contributed by atoms with Crippen LogP contribution in [0.2, 0.25) is 5.02 Å². The molecule has 0 saturated carbocycles. The standard InChI is InChI=1S/C23H20ClNO4S/c1-2-27-20-9-3-15(11-16(20)13-30-19-7-4-17(24)5-8-19)23(26)25-18-6-10-21-22(12-18)29-14-28-21/h3-12H,2,13-14H2,1H3,(H,25,26). The minimum Gasteiger partial charge on any atom is -0.494 e. The molecule has 0 aliphatic carbocycles. The summed E-state index contributed by atoms with van der Waals surface area (Å²) in [6, 6.07) is 18.5. The fraction of sp³-hybridized carbons (Fsp3) is 0.174. The Morgan fingerprint density at radius 2 is 1.87 bits per heavy atom. The zero-order valence-electron chi connectivity index (χ0n) is 16.3. The van der Waals surface area contributed by atoms with Gasteiger partial charge in [-0.3, -0.25) is 4.79 Å². The van der Waals surface area contributed by atoms with Gasteiger partial charge in [-0.15, -0.1) is 11.8 Å². The summed E-state index contributed by atoms with van der Waals surface area (Å²) in [6.45, 7) is 2.69. The van der Waals surface area contributed by atoms with Gasteiger partial charge in [-0.2, -0.15) is 0 Å². The molecule has 1 N–H and O–H groups in total. The van der Waals surface area contributed by atoms with Crippen LogP contribution in [0.25, 0.3) is 0 Å². The summed E-state index contributed by atoms with van der Waals surface area (Å²) in [6.07, 6.45) is 0. The zero-order chi connectivity index (χ0) is 20.9. The number of carbonyl (C=O) groups excluding carboxylic acids is 1. The Bertz CT molecular complexity index is 1060. The molecule has 4 rings (SSSR count). The van der Waals surface area contributed by atoms with Gasteiger partial charge in [0, 0.05) is 38.6 Å². The topological polar surface area (TPSA) is 56.8 Å². The van der Waals surface area contributed by atoms with Crippen LogP contribution in [-0.2, 0) is 5.75 Å². The van der Waals surface area contributed by atoms with Crippen molar-refractivity contribution in [3.05, 3.63) is 76.8 Å². The molecule has 0 spiro atoms. The molecule has 0 radical (unpaired) electrons. The fourth-order valence-corrected chi connectivity index (χ4v) is 4.00. The Morgan fingerprint density at radius 3 is 2.67 bits per heavy atom. The average Bonchev–Trinajstić information content (AvgIpc) is 3.22. The van der Waals surface area contributed by atoms with Gasteiger partial charge in [0.15, 0.2) is 11.5 Å². The number of ether oxygens (including phenoxy) is 3. The maximum atomic E-state index is 12.8. The first-order chi connectivity index (χ1) is 14.6. The Hall–Kier alpha value is -2.83. The quantitative estimate of drug-likeness (QED) is 0.455. The van der Waals surface area contributed by atoms with Crippen LogP contribution < -0.4 is 19.5 Å². The molecule has 7 heteroatoms. The third-order valence-corrected chi connectivity index (χ3v) is 5.77. The summed E-state index contributed by atoms with van der Waals surface area (Å²) in [4.78, 5) is 13.9. The number of hydrogen-bond donors (Lipinski definition) is 1. The van der Waals surface area contributed by atoms with Crippen LogP contribution in [0.5, 0.6) is 17.2 Å². The molecule has 0 bridgehead atoms. The van der Waals surface area contributed by atoms with Gasteiger partial charge in [0.05, 0.1) is 6.61 Å². The molecule has 5 nitrogen and oxygen atoms in total. The van der Waals surface area contributed by atoms with E-state index in [-0.39, 0.29) is 12.7 Å². The summed E-state index contributed by atoms with van der Waals surface area (Å²) in [7, 11) is 0. The van der Waals surface area contributed by atoms with E-state index in [4.69, 9.17) is 25.8 Å². The summed E-state index contributed by atoms with van der Waals surface area (Å²) in [5.41, 5.74) is 2.16. The lowest BCUT2D eigenvalue weighted by Crippen LogP contribution is -2.12. The molecular weight excluding hydrogens is 422 g/mol. The molecule has 1 aliphatic heterocycles. The van der Waals surface area contributed by atoms with Gasteiger partial charge in [0.25, 0.3) is 5.91 Å². The number of anilines is 1. The number of halogens is 1. The highest BCUT2D eigenvalue weighted by Crippen LogP contribution is 2.34. The minimum atomic E-state index is -0.199. The molecule has 1 heterocycles. The van der Waals surface area contributed by atoms with Gasteiger partial charge in [0.1, 0.15) is 5.75 Å². The molecule has 0 unspecified atom stereocenters. The van der Waals surface area contributed by atoms with E-state index in [0.29, 0.717) is 40.1 Å². The van der Waals surface area contributed by atoms with Gasteiger partial charge in [-0.25, -0.2) is 0 Å². The molecule has 154 valence electrons. The normalized spacial score (nSPS) is 11.9. The summed E-state index contributed by atoms with van der Waals surface area (Å²) in [5.74, 6) is 2.55. The fourth-order valence-electron chi connectivity index (χ4n) is 3.00. The summed E-state index contributed by atoms with van der Waals surface area (Å²) in [5, 5.41) is 3.61. The van der Waals surface area contributed by atoms with Crippen LogP contribution in [-0.4, -0.2) is 19.3 Å². The van der Waals surface area contributed by atoms with Crippen LogP contribution in [0.15, 0.2) is 65.6 Å². The highest BCUT2D eigenvalue weighted by atomic mass is 35.5. The van der Waals surface area contributed by atoms with Crippen molar-refractivity contribution in [2.75, 3.05) is 18.7 Å². The minimum absolute atomic E-state index is 0.195. The number of benzene rings is 3. The van der Waals surface area contributed by atoms with Crippen LogP contribution in [0.1, 0.15) is 22.8 Å². The maximum absolute atomic E-state index is 12.8. The van der Waals surface area contributed by atoms with Gasteiger partial charge in [-0.05, 0) is 61.5 Å². The smallest absolute Gasteiger partial charge is 0.255 e. The Morgan fingerprint density at radius 1 is 1.07 bits per heavy atom. The molecule has 1 amide bonds. The first-order valence-electron chi connectivity index (χ1n) is 9.47. The van der Waals surface area contributed by atoms with Crippen molar-refractivity contribution in [1.29, 1.82) is 0 Å². The Kier molecular flexibility index (Phi) is 6.35. The highest BCUT2D eigenvalue weighted by molar-refractivity contribution is 7.98. The van der Waals surface area contributed by atoms with Crippen molar-refractivity contribution in [3.63, 3.8) is 0 Å². The molecule has 0 saturated heterocycles. The van der Waals surface area contributed by atoms with E-state index < -0.39 is 0 Å². The lowest BCUT2D eigenvalue weighted by molar-refractivity contribution is 0.102. The molecular formula is C23H20ClNO4S. The number of fused-ring (bicyclic) bond motifs is 1. The number of thioether (sulfide) groups is 1. The van der Waals surface area contributed by atoms with Crippen molar-refractivity contribution in [2.24, 2.45) is 0 Å². The van der Waals surface area contributed by atoms with Gasteiger partial charge < -0.3 is 19.5 Å². The van der Waals surface area contributed by atoms with E-state index in [1.54, 1.807) is 36.0 Å². The first kappa shape index (κ1) is 20.4. The molecule has 1 aliphatic rings. The Balaban J connectivity index is 1.50. The van der Waals surface area contributed by atoms with Crippen LogP contribution in [0, 0.1) is 0 Å². The van der Waals surface area contributed by atoms with Crippen molar-refractivity contribution in [1.82, 2.24) is 0 Å². The molecule has 0 atom stereocenters. The number of rotatable bonds is 7. The molecule has 0 aromatic heterocycles. The molecule has 3 aromatic carbocycles. The van der Waals surface area contributed by atoms with Crippen molar-refractivity contribution < 1.29 is 19.0 Å². The second-order valence-corrected chi connectivity index (χ2v) is 8.01. The van der Waals surface area contributed by atoms with Gasteiger partial charge >= 0.3 is 0 Å². The monoisotopic (exact) mass is 441 g/mol. The Labute approximate surface area is 184 Å². The maximum Gasteiger partial charge on any atom is 0.255 e. The van der Waals surface area contributed by atoms with E-state index in [9.17, 15) is 4.79 Å². The SMILES string of the molecule is CCOc1ccc(C(=O)Nc2ccc3c(c2)OCO3)cc1CSc1ccc(Cl)cc1. The third-order valence-electron chi connectivity index (χ3n) is 4.46. The molecule has 0 fully saturated rings. The van der Waals surface area contributed by atoms with Gasteiger partial charge in [0.2, 0.25) is 6.79 Å². The zero-order valence-corrected chi connectivity index (χ0v) is 17.9. The number of nitrogens with one attached hydrogen (secondary N) is 1. The number of hydrogen-bond acceptors (Lipinski definition) is 5. The van der Waals surface area contributed by atoms with E-state index in [1.165, 1.54) is 0 Å². The van der Waals surface area contributed by atoms with E-state index >= 15 is 0 Å². The second-order valence-electron chi connectivity index (χ2n) is 6.52. The third kappa shape index (κ3) is 4.83. The summed E-state index contributed by atoms with van der Waals surface area (Å²) < 4.78 is 16.4. The van der Waals surface area contributed by atoms with Crippen LogP contribution in [0.3, 0.4) is 0 Å². The second kappa shape index (κ2) is 9.32. The van der Waals surface area contributed by atoms with Gasteiger partial charge in [-0.1, -0.05) is 11.6 Å². The van der Waals surface area contributed by atoms with Crippen LogP contribution in [0.4, 0.5) is 5.69 Å². The number of amides is 1. The average molecular weight is 442 g/mol.